The number of alkyl halides is 2. The van der Waals surface area contributed by atoms with Gasteiger partial charge in [-0.25, -0.2) is 8.78 Å². The molecule has 0 aliphatic rings. The zero-order valence-electron chi connectivity index (χ0n) is 11.0. The van der Waals surface area contributed by atoms with Crippen molar-refractivity contribution in [2.75, 3.05) is 20.3 Å². The maximum absolute atomic E-state index is 12.0. The van der Waals surface area contributed by atoms with E-state index >= 15 is 0 Å². The van der Waals surface area contributed by atoms with Gasteiger partial charge in [-0.2, -0.15) is 0 Å². The molecule has 20 heavy (non-hydrogen) atoms. The summed E-state index contributed by atoms with van der Waals surface area (Å²) in [5.74, 6) is 0.806. The highest BCUT2D eigenvalue weighted by Crippen LogP contribution is 2.16. The SMILES string of the molecule is COc1ccc(OCCC(=O)NCC(O)C(F)F)cc1. The predicted molar refractivity (Wildman–Crippen MR) is 68.1 cm³/mol. The van der Waals surface area contributed by atoms with E-state index in [4.69, 9.17) is 14.6 Å². The lowest BCUT2D eigenvalue weighted by molar-refractivity contribution is -0.122. The van der Waals surface area contributed by atoms with Gasteiger partial charge in [-0.1, -0.05) is 0 Å². The van der Waals surface area contributed by atoms with Crippen LogP contribution in [0, 0.1) is 0 Å². The van der Waals surface area contributed by atoms with E-state index < -0.39 is 25.0 Å². The molecule has 2 N–H and O–H groups in total. The lowest BCUT2D eigenvalue weighted by atomic mass is 10.3. The number of nitrogens with one attached hydrogen (secondary N) is 1. The second-order valence-electron chi connectivity index (χ2n) is 3.98. The van der Waals surface area contributed by atoms with E-state index in [0.717, 1.165) is 0 Å². The first-order chi connectivity index (χ1) is 9.52. The molecule has 0 bridgehead atoms. The van der Waals surface area contributed by atoms with Crippen molar-refractivity contribution < 1.29 is 28.2 Å². The number of carbonyl (C=O) groups is 1. The van der Waals surface area contributed by atoms with Gasteiger partial charge in [-0.3, -0.25) is 4.79 Å². The molecule has 0 fully saturated rings. The van der Waals surface area contributed by atoms with E-state index in [0.29, 0.717) is 11.5 Å². The summed E-state index contributed by atoms with van der Waals surface area (Å²) in [6.07, 6.45) is -4.70. The molecule has 0 saturated carbocycles. The zero-order chi connectivity index (χ0) is 15.0. The quantitative estimate of drug-likeness (QED) is 0.755. The molecular weight excluding hydrogens is 272 g/mol. The third-order valence-corrected chi connectivity index (χ3v) is 2.46. The van der Waals surface area contributed by atoms with Crippen LogP contribution in [-0.2, 0) is 4.79 Å². The van der Waals surface area contributed by atoms with Crippen molar-refractivity contribution >= 4 is 5.91 Å². The van der Waals surface area contributed by atoms with E-state index in [-0.39, 0.29) is 13.0 Å². The van der Waals surface area contributed by atoms with Gasteiger partial charge in [0, 0.05) is 6.54 Å². The standard InChI is InChI=1S/C13H17F2NO4/c1-19-9-2-4-10(5-3-9)20-7-6-12(18)16-8-11(17)13(14)15/h2-5,11,13,17H,6-8H2,1H3,(H,16,18). The number of benzene rings is 1. The molecule has 1 unspecified atom stereocenters. The first kappa shape index (κ1) is 16.2. The first-order valence-electron chi connectivity index (χ1n) is 6.02. The van der Waals surface area contributed by atoms with E-state index in [1.165, 1.54) is 0 Å². The highest BCUT2D eigenvalue weighted by molar-refractivity contribution is 5.76. The van der Waals surface area contributed by atoms with E-state index in [1.807, 2.05) is 0 Å². The number of aliphatic hydroxyl groups is 1. The summed E-state index contributed by atoms with van der Waals surface area (Å²) >= 11 is 0. The number of amides is 1. The second-order valence-corrected chi connectivity index (χ2v) is 3.98. The Bertz CT molecular complexity index is 411. The average molecular weight is 289 g/mol. The molecule has 0 aliphatic carbocycles. The molecule has 1 rings (SSSR count). The molecule has 0 radical (unpaired) electrons. The summed E-state index contributed by atoms with van der Waals surface area (Å²) < 4.78 is 34.2. The number of methoxy groups -OCH3 is 1. The van der Waals surface area contributed by atoms with Gasteiger partial charge in [0.25, 0.3) is 6.43 Å². The number of rotatable bonds is 8. The fraction of sp³-hybridized carbons (Fsp3) is 0.462. The molecule has 1 aromatic rings. The molecule has 0 saturated heterocycles. The Hall–Kier alpha value is -1.89. The maximum atomic E-state index is 12.0. The minimum absolute atomic E-state index is 0.0159. The molecule has 0 heterocycles. The van der Waals surface area contributed by atoms with Crippen LogP contribution in [0.4, 0.5) is 8.78 Å². The van der Waals surface area contributed by atoms with Gasteiger partial charge < -0.3 is 19.9 Å². The zero-order valence-corrected chi connectivity index (χ0v) is 11.0. The maximum Gasteiger partial charge on any atom is 0.265 e. The summed E-state index contributed by atoms with van der Waals surface area (Å²) in [5.41, 5.74) is 0. The van der Waals surface area contributed by atoms with Crippen LogP contribution in [-0.4, -0.2) is 43.8 Å². The average Bonchev–Trinajstić information content (AvgIpc) is 2.45. The fourth-order valence-corrected chi connectivity index (χ4v) is 1.33. The molecule has 0 aliphatic heterocycles. The van der Waals surface area contributed by atoms with Crippen molar-refractivity contribution in [3.63, 3.8) is 0 Å². The highest BCUT2D eigenvalue weighted by atomic mass is 19.3. The largest absolute Gasteiger partial charge is 0.497 e. The minimum Gasteiger partial charge on any atom is -0.497 e. The number of hydrogen-bond acceptors (Lipinski definition) is 4. The molecule has 7 heteroatoms. The monoisotopic (exact) mass is 289 g/mol. The number of ether oxygens (including phenoxy) is 2. The topological polar surface area (TPSA) is 67.8 Å². The van der Waals surface area contributed by atoms with Crippen molar-refractivity contribution in [2.24, 2.45) is 0 Å². The summed E-state index contributed by atoms with van der Waals surface area (Å²) in [4.78, 5) is 11.3. The van der Waals surface area contributed by atoms with Crippen LogP contribution in [0.25, 0.3) is 0 Å². The summed E-state index contributed by atoms with van der Waals surface area (Å²) in [7, 11) is 1.55. The van der Waals surface area contributed by atoms with Crippen molar-refractivity contribution in [1.82, 2.24) is 5.32 Å². The third kappa shape index (κ3) is 5.83. The highest BCUT2D eigenvalue weighted by Gasteiger charge is 2.17. The van der Waals surface area contributed by atoms with Crippen LogP contribution in [0.3, 0.4) is 0 Å². The molecule has 0 aromatic heterocycles. The number of halogens is 2. The minimum atomic E-state index is -2.87. The molecule has 1 atom stereocenters. The summed E-state index contributed by atoms with van der Waals surface area (Å²) in [5, 5.41) is 11.0. The van der Waals surface area contributed by atoms with Gasteiger partial charge in [0.05, 0.1) is 20.1 Å². The molecular formula is C13H17F2NO4. The van der Waals surface area contributed by atoms with Crippen LogP contribution in [0.5, 0.6) is 11.5 Å². The fourth-order valence-electron chi connectivity index (χ4n) is 1.33. The van der Waals surface area contributed by atoms with Crippen LogP contribution in [0.2, 0.25) is 0 Å². The predicted octanol–water partition coefficient (Wildman–Crippen LogP) is 1.21. The Kier molecular flexibility index (Phi) is 6.72. The van der Waals surface area contributed by atoms with Crippen LogP contribution >= 0.6 is 0 Å². The van der Waals surface area contributed by atoms with Crippen molar-refractivity contribution in [3.05, 3.63) is 24.3 Å². The molecule has 0 spiro atoms. The smallest absolute Gasteiger partial charge is 0.265 e. The van der Waals surface area contributed by atoms with Gasteiger partial charge in [-0.05, 0) is 24.3 Å². The van der Waals surface area contributed by atoms with Gasteiger partial charge >= 0.3 is 0 Å². The van der Waals surface area contributed by atoms with Gasteiger partial charge in [0.1, 0.15) is 17.6 Å². The first-order valence-corrected chi connectivity index (χ1v) is 6.02. The summed E-state index contributed by atoms with van der Waals surface area (Å²) in [6, 6.07) is 6.82. The Morgan fingerprint density at radius 1 is 1.30 bits per heavy atom. The lowest BCUT2D eigenvalue weighted by Crippen LogP contribution is -2.36. The van der Waals surface area contributed by atoms with Crippen LogP contribution in [0.15, 0.2) is 24.3 Å². The molecule has 112 valence electrons. The molecule has 1 amide bonds. The number of aliphatic hydroxyl groups excluding tert-OH is 1. The lowest BCUT2D eigenvalue weighted by Gasteiger charge is -2.11. The Morgan fingerprint density at radius 2 is 1.90 bits per heavy atom. The Labute approximate surface area is 115 Å². The molecule has 1 aromatic carbocycles. The van der Waals surface area contributed by atoms with Crippen LogP contribution in [0.1, 0.15) is 6.42 Å². The summed E-state index contributed by atoms with van der Waals surface area (Å²) in [6.45, 7) is -0.359. The second kappa shape index (κ2) is 8.31. The number of hydrogen-bond donors (Lipinski definition) is 2. The molecule has 5 nitrogen and oxygen atoms in total. The van der Waals surface area contributed by atoms with Crippen molar-refractivity contribution in [2.45, 2.75) is 19.0 Å². The van der Waals surface area contributed by atoms with Crippen molar-refractivity contribution in [3.8, 4) is 11.5 Å². The number of carbonyl (C=O) groups excluding carboxylic acids is 1. The van der Waals surface area contributed by atoms with Gasteiger partial charge in [-0.15, -0.1) is 0 Å². The van der Waals surface area contributed by atoms with Gasteiger partial charge in [0.15, 0.2) is 0 Å². The van der Waals surface area contributed by atoms with Gasteiger partial charge in [0.2, 0.25) is 5.91 Å². The van der Waals surface area contributed by atoms with E-state index in [1.54, 1.807) is 31.4 Å². The normalized spacial score (nSPS) is 12.1. The van der Waals surface area contributed by atoms with Crippen molar-refractivity contribution in [1.29, 1.82) is 0 Å². The third-order valence-electron chi connectivity index (χ3n) is 2.46. The van der Waals surface area contributed by atoms with E-state index in [9.17, 15) is 13.6 Å². The van der Waals surface area contributed by atoms with Crippen LogP contribution < -0.4 is 14.8 Å². The Morgan fingerprint density at radius 3 is 2.45 bits per heavy atom. The van der Waals surface area contributed by atoms with E-state index in [2.05, 4.69) is 5.32 Å². The Balaban J connectivity index is 2.21.